The first-order valence-electron chi connectivity index (χ1n) is 5.57. The summed E-state index contributed by atoms with van der Waals surface area (Å²) in [7, 11) is 0. The standard InChI is InChI=1S/C11H12O2.C2H6/c12-11(13)10-6-5-8-3-1-2-4-9(8)7-10;1-2/h1-4,10H,5-7H2,(H,12,13);1-2H3. The first-order valence-corrected chi connectivity index (χ1v) is 5.57. The zero-order valence-electron chi connectivity index (χ0n) is 9.36. The molecule has 1 aliphatic rings. The van der Waals surface area contributed by atoms with Gasteiger partial charge in [-0.15, -0.1) is 0 Å². The second kappa shape index (κ2) is 5.54. The maximum Gasteiger partial charge on any atom is 0.306 e. The van der Waals surface area contributed by atoms with E-state index in [9.17, 15) is 4.79 Å². The van der Waals surface area contributed by atoms with Crippen LogP contribution in [0.15, 0.2) is 24.3 Å². The summed E-state index contributed by atoms with van der Waals surface area (Å²) in [5.74, 6) is -0.829. The molecule has 1 aliphatic carbocycles. The number of hydrogen-bond donors (Lipinski definition) is 1. The van der Waals surface area contributed by atoms with Crippen LogP contribution in [-0.4, -0.2) is 11.1 Å². The normalized spacial score (nSPS) is 18.4. The van der Waals surface area contributed by atoms with Gasteiger partial charge in [-0.1, -0.05) is 38.1 Å². The topological polar surface area (TPSA) is 37.3 Å². The Morgan fingerprint density at radius 3 is 2.47 bits per heavy atom. The maximum absolute atomic E-state index is 10.8. The van der Waals surface area contributed by atoms with Crippen molar-refractivity contribution in [3.8, 4) is 0 Å². The number of carbonyl (C=O) groups is 1. The number of carboxylic acids is 1. The summed E-state index contributed by atoms with van der Waals surface area (Å²) in [6.45, 7) is 4.00. The predicted octanol–water partition coefficient (Wildman–Crippen LogP) is 2.90. The minimum absolute atomic E-state index is 0.171. The lowest BCUT2D eigenvalue weighted by atomic mass is 9.84. The minimum Gasteiger partial charge on any atom is -0.481 e. The summed E-state index contributed by atoms with van der Waals surface area (Å²) in [5.41, 5.74) is 2.53. The largest absolute Gasteiger partial charge is 0.481 e. The van der Waals surface area contributed by atoms with Gasteiger partial charge in [-0.25, -0.2) is 0 Å². The van der Waals surface area contributed by atoms with Crippen molar-refractivity contribution in [1.29, 1.82) is 0 Å². The van der Waals surface area contributed by atoms with Gasteiger partial charge in [0, 0.05) is 0 Å². The number of benzene rings is 1. The van der Waals surface area contributed by atoms with Crippen LogP contribution in [0.5, 0.6) is 0 Å². The van der Waals surface area contributed by atoms with Crippen LogP contribution in [0.2, 0.25) is 0 Å². The van der Waals surface area contributed by atoms with Crippen LogP contribution in [0.25, 0.3) is 0 Å². The number of hydrogen-bond acceptors (Lipinski definition) is 1. The highest BCUT2D eigenvalue weighted by Gasteiger charge is 2.23. The summed E-state index contributed by atoms with van der Waals surface area (Å²) < 4.78 is 0. The van der Waals surface area contributed by atoms with Gasteiger partial charge in [-0.05, 0) is 30.4 Å². The first kappa shape index (κ1) is 11.8. The first-order chi connectivity index (χ1) is 7.27. The van der Waals surface area contributed by atoms with E-state index in [1.54, 1.807) is 0 Å². The Hall–Kier alpha value is -1.31. The molecule has 0 saturated heterocycles. The van der Waals surface area contributed by atoms with Crippen LogP contribution in [0.4, 0.5) is 0 Å². The van der Waals surface area contributed by atoms with Gasteiger partial charge >= 0.3 is 5.97 Å². The SMILES string of the molecule is CC.O=C(O)C1CCc2ccccc2C1. The van der Waals surface area contributed by atoms with E-state index in [0.29, 0.717) is 6.42 Å². The molecule has 0 saturated carbocycles. The molecule has 1 aromatic rings. The van der Waals surface area contributed by atoms with Crippen molar-refractivity contribution < 1.29 is 9.90 Å². The lowest BCUT2D eigenvalue weighted by molar-refractivity contribution is -0.142. The zero-order chi connectivity index (χ0) is 11.3. The fraction of sp³-hybridized carbons (Fsp3) is 0.462. The molecular weight excluding hydrogens is 188 g/mol. The molecule has 0 aromatic heterocycles. The van der Waals surface area contributed by atoms with Gasteiger partial charge in [0.1, 0.15) is 0 Å². The molecule has 1 N–H and O–H groups in total. The van der Waals surface area contributed by atoms with E-state index in [1.807, 2.05) is 32.0 Å². The highest BCUT2D eigenvalue weighted by molar-refractivity contribution is 5.71. The van der Waals surface area contributed by atoms with Crippen molar-refractivity contribution >= 4 is 5.97 Å². The smallest absolute Gasteiger partial charge is 0.306 e. The number of fused-ring (bicyclic) bond motifs is 1. The third-order valence-electron chi connectivity index (χ3n) is 2.70. The number of carboxylic acid groups (broad SMARTS) is 1. The number of aryl methyl sites for hydroxylation is 1. The van der Waals surface area contributed by atoms with E-state index in [-0.39, 0.29) is 5.92 Å². The predicted molar refractivity (Wildman–Crippen MR) is 60.9 cm³/mol. The van der Waals surface area contributed by atoms with E-state index in [4.69, 9.17) is 5.11 Å². The van der Waals surface area contributed by atoms with E-state index >= 15 is 0 Å². The third kappa shape index (κ3) is 2.82. The van der Waals surface area contributed by atoms with Crippen molar-refractivity contribution in [2.45, 2.75) is 33.1 Å². The Labute approximate surface area is 90.9 Å². The Kier molecular flexibility index (Phi) is 4.35. The van der Waals surface area contributed by atoms with Gasteiger partial charge in [-0.3, -0.25) is 4.79 Å². The summed E-state index contributed by atoms with van der Waals surface area (Å²) in [4.78, 5) is 10.8. The molecule has 15 heavy (non-hydrogen) atoms. The van der Waals surface area contributed by atoms with Crippen LogP contribution >= 0.6 is 0 Å². The van der Waals surface area contributed by atoms with Crippen LogP contribution in [0.3, 0.4) is 0 Å². The maximum atomic E-state index is 10.8. The minimum atomic E-state index is -0.658. The molecule has 0 heterocycles. The van der Waals surface area contributed by atoms with E-state index in [0.717, 1.165) is 12.8 Å². The third-order valence-corrected chi connectivity index (χ3v) is 2.70. The molecule has 2 rings (SSSR count). The average molecular weight is 206 g/mol. The Morgan fingerprint density at radius 2 is 1.87 bits per heavy atom. The lowest BCUT2D eigenvalue weighted by Gasteiger charge is -2.20. The van der Waals surface area contributed by atoms with Gasteiger partial charge < -0.3 is 5.11 Å². The van der Waals surface area contributed by atoms with Crippen LogP contribution < -0.4 is 0 Å². The lowest BCUT2D eigenvalue weighted by Crippen LogP contribution is -2.21. The molecule has 82 valence electrons. The highest BCUT2D eigenvalue weighted by atomic mass is 16.4. The molecular formula is C13H18O2. The second-order valence-corrected chi connectivity index (χ2v) is 3.55. The van der Waals surface area contributed by atoms with Gasteiger partial charge in [-0.2, -0.15) is 0 Å². The summed E-state index contributed by atoms with van der Waals surface area (Å²) in [6, 6.07) is 8.11. The molecule has 0 fully saturated rings. The number of aliphatic carboxylic acids is 1. The van der Waals surface area contributed by atoms with Crippen molar-refractivity contribution in [3.63, 3.8) is 0 Å². The van der Waals surface area contributed by atoms with Crippen LogP contribution in [0, 0.1) is 5.92 Å². The van der Waals surface area contributed by atoms with Crippen molar-refractivity contribution in [1.82, 2.24) is 0 Å². The second-order valence-electron chi connectivity index (χ2n) is 3.55. The molecule has 0 aliphatic heterocycles. The fourth-order valence-corrected chi connectivity index (χ4v) is 1.91. The number of rotatable bonds is 1. The Balaban J connectivity index is 0.000000531. The molecule has 1 atom stereocenters. The Morgan fingerprint density at radius 1 is 1.27 bits per heavy atom. The molecule has 1 aromatic carbocycles. The monoisotopic (exact) mass is 206 g/mol. The van der Waals surface area contributed by atoms with Crippen molar-refractivity contribution in [2.24, 2.45) is 5.92 Å². The molecule has 0 spiro atoms. The molecule has 0 radical (unpaired) electrons. The quantitative estimate of drug-likeness (QED) is 0.767. The summed E-state index contributed by atoms with van der Waals surface area (Å²) >= 11 is 0. The molecule has 0 bridgehead atoms. The van der Waals surface area contributed by atoms with Gasteiger partial charge in [0.15, 0.2) is 0 Å². The molecule has 0 amide bonds. The fourth-order valence-electron chi connectivity index (χ4n) is 1.91. The van der Waals surface area contributed by atoms with Crippen LogP contribution in [-0.2, 0) is 17.6 Å². The molecule has 2 heteroatoms. The summed E-state index contributed by atoms with van der Waals surface area (Å²) in [5, 5.41) is 8.86. The van der Waals surface area contributed by atoms with Gasteiger partial charge in [0.2, 0.25) is 0 Å². The average Bonchev–Trinajstić information content (AvgIpc) is 2.31. The zero-order valence-corrected chi connectivity index (χ0v) is 9.36. The van der Waals surface area contributed by atoms with E-state index < -0.39 is 5.97 Å². The van der Waals surface area contributed by atoms with E-state index in [2.05, 4.69) is 6.07 Å². The van der Waals surface area contributed by atoms with E-state index in [1.165, 1.54) is 11.1 Å². The van der Waals surface area contributed by atoms with Crippen molar-refractivity contribution in [3.05, 3.63) is 35.4 Å². The van der Waals surface area contributed by atoms with Gasteiger partial charge in [0.05, 0.1) is 5.92 Å². The van der Waals surface area contributed by atoms with Gasteiger partial charge in [0.25, 0.3) is 0 Å². The summed E-state index contributed by atoms with van der Waals surface area (Å²) in [6.07, 6.45) is 2.39. The van der Waals surface area contributed by atoms with Crippen molar-refractivity contribution in [2.75, 3.05) is 0 Å². The van der Waals surface area contributed by atoms with Crippen LogP contribution in [0.1, 0.15) is 31.4 Å². The molecule has 1 unspecified atom stereocenters. The Bertz CT molecular complexity index is 331. The highest BCUT2D eigenvalue weighted by Crippen LogP contribution is 2.25. The molecule has 2 nitrogen and oxygen atoms in total.